The summed E-state index contributed by atoms with van der Waals surface area (Å²) in [5.74, 6) is 0.630. The fraction of sp³-hybridized carbons (Fsp3) is 0.353. The van der Waals surface area contributed by atoms with Crippen LogP contribution in [-0.4, -0.2) is 12.0 Å². The molecule has 1 heterocycles. The predicted octanol–water partition coefficient (Wildman–Crippen LogP) is 3.07. The van der Waals surface area contributed by atoms with E-state index in [1.807, 2.05) is 12.4 Å². The topological polar surface area (TPSA) is 24.9 Å². The van der Waals surface area contributed by atoms with Gasteiger partial charge in [0.2, 0.25) is 0 Å². The first-order valence-electron chi connectivity index (χ1n) is 6.94. The molecule has 1 unspecified atom stereocenters. The molecule has 98 valence electrons. The Morgan fingerprint density at radius 1 is 1.16 bits per heavy atom. The van der Waals surface area contributed by atoms with E-state index in [1.54, 1.807) is 0 Å². The first kappa shape index (κ1) is 12.4. The van der Waals surface area contributed by atoms with E-state index in [9.17, 15) is 0 Å². The summed E-state index contributed by atoms with van der Waals surface area (Å²) in [5, 5.41) is 3.50. The molecule has 1 aliphatic carbocycles. The molecule has 0 saturated carbocycles. The van der Waals surface area contributed by atoms with Crippen molar-refractivity contribution in [1.29, 1.82) is 0 Å². The maximum atomic E-state index is 4.29. The monoisotopic (exact) mass is 252 g/mol. The number of rotatable bonds is 3. The minimum absolute atomic E-state index is 0.390. The van der Waals surface area contributed by atoms with Gasteiger partial charge in [-0.3, -0.25) is 4.98 Å². The van der Waals surface area contributed by atoms with Crippen molar-refractivity contribution in [2.45, 2.75) is 25.8 Å². The van der Waals surface area contributed by atoms with Crippen molar-refractivity contribution < 1.29 is 0 Å². The zero-order chi connectivity index (χ0) is 13.2. The quantitative estimate of drug-likeness (QED) is 0.908. The number of nitrogens with zero attached hydrogens (tertiary/aromatic N) is 1. The van der Waals surface area contributed by atoms with Gasteiger partial charge in [-0.1, -0.05) is 24.3 Å². The second-order valence-electron chi connectivity index (χ2n) is 5.44. The van der Waals surface area contributed by atoms with E-state index in [4.69, 9.17) is 0 Å². The van der Waals surface area contributed by atoms with Crippen molar-refractivity contribution in [2.75, 3.05) is 7.05 Å². The van der Waals surface area contributed by atoms with Gasteiger partial charge < -0.3 is 5.32 Å². The van der Waals surface area contributed by atoms with Crippen LogP contribution in [0.5, 0.6) is 0 Å². The number of pyridine rings is 1. The lowest BCUT2D eigenvalue weighted by atomic mass is 9.89. The number of hydrogen-bond acceptors (Lipinski definition) is 2. The first-order chi connectivity index (χ1) is 9.29. The smallest absolute Gasteiger partial charge is 0.0370 e. The van der Waals surface area contributed by atoms with Crippen molar-refractivity contribution in [3.63, 3.8) is 0 Å². The Hall–Kier alpha value is -1.67. The van der Waals surface area contributed by atoms with E-state index in [1.165, 1.54) is 22.3 Å². The standard InChI is InChI=1S/C17H20N2/c1-12-7-8-19-11-16(12)17(18-2)15-9-13-5-3-4-6-14(13)10-15/h3-8,11,15,17-18H,9-10H2,1-2H3. The molecule has 0 spiro atoms. The van der Waals surface area contributed by atoms with Crippen molar-refractivity contribution in [1.82, 2.24) is 10.3 Å². The van der Waals surface area contributed by atoms with E-state index in [0.717, 1.165) is 12.8 Å². The first-order valence-corrected chi connectivity index (χ1v) is 6.94. The van der Waals surface area contributed by atoms with E-state index in [2.05, 4.69) is 54.6 Å². The molecule has 0 fully saturated rings. The highest BCUT2D eigenvalue weighted by Crippen LogP contribution is 2.35. The maximum absolute atomic E-state index is 4.29. The predicted molar refractivity (Wildman–Crippen MR) is 78.1 cm³/mol. The number of aryl methyl sites for hydroxylation is 1. The van der Waals surface area contributed by atoms with Gasteiger partial charge in [-0.2, -0.15) is 0 Å². The number of benzene rings is 1. The lowest BCUT2D eigenvalue weighted by molar-refractivity contribution is 0.395. The van der Waals surface area contributed by atoms with Gasteiger partial charge in [-0.15, -0.1) is 0 Å². The molecule has 0 radical (unpaired) electrons. The molecule has 1 aromatic heterocycles. The molecule has 1 N–H and O–H groups in total. The average molecular weight is 252 g/mol. The number of aromatic nitrogens is 1. The highest BCUT2D eigenvalue weighted by atomic mass is 14.9. The Morgan fingerprint density at radius 2 is 1.84 bits per heavy atom. The highest BCUT2D eigenvalue weighted by Gasteiger charge is 2.29. The second-order valence-corrected chi connectivity index (χ2v) is 5.44. The van der Waals surface area contributed by atoms with Crippen LogP contribution in [0.25, 0.3) is 0 Å². The molecule has 3 rings (SSSR count). The van der Waals surface area contributed by atoms with Gasteiger partial charge in [-0.05, 0) is 61.1 Å². The molecule has 19 heavy (non-hydrogen) atoms. The van der Waals surface area contributed by atoms with Crippen molar-refractivity contribution in [3.05, 3.63) is 65.0 Å². The minimum atomic E-state index is 0.390. The SMILES string of the molecule is CNC(c1cnccc1C)C1Cc2ccccc2C1. The van der Waals surface area contributed by atoms with Crippen LogP contribution in [0.4, 0.5) is 0 Å². The number of nitrogens with one attached hydrogen (secondary N) is 1. The minimum Gasteiger partial charge on any atom is -0.313 e. The molecule has 0 aliphatic heterocycles. The number of hydrogen-bond donors (Lipinski definition) is 1. The zero-order valence-electron chi connectivity index (χ0n) is 11.6. The summed E-state index contributed by atoms with van der Waals surface area (Å²) in [6.45, 7) is 2.17. The van der Waals surface area contributed by atoms with Gasteiger partial charge in [0, 0.05) is 18.4 Å². The molecule has 0 bridgehead atoms. The summed E-state index contributed by atoms with van der Waals surface area (Å²) >= 11 is 0. The molecule has 1 aliphatic rings. The van der Waals surface area contributed by atoms with Crippen LogP contribution in [0.2, 0.25) is 0 Å². The summed E-state index contributed by atoms with van der Waals surface area (Å²) < 4.78 is 0. The molecular formula is C17H20N2. The van der Waals surface area contributed by atoms with Gasteiger partial charge in [-0.25, -0.2) is 0 Å². The Kier molecular flexibility index (Phi) is 3.34. The van der Waals surface area contributed by atoms with Crippen LogP contribution >= 0.6 is 0 Å². The Balaban J connectivity index is 1.88. The normalized spacial score (nSPS) is 16.3. The van der Waals surface area contributed by atoms with Crippen LogP contribution in [0, 0.1) is 12.8 Å². The van der Waals surface area contributed by atoms with Crippen LogP contribution in [0.3, 0.4) is 0 Å². The van der Waals surface area contributed by atoms with Gasteiger partial charge in [0.05, 0.1) is 0 Å². The summed E-state index contributed by atoms with van der Waals surface area (Å²) in [6, 6.07) is 11.3. The van der Waals surface area contributed by atoms with Crippen LogP contribution in [0.1, 0.15) is 28.3 Å². The Morgan fingerprint density at radius 3 is 2.42 bits per heavy atom. The third-order valence-corrected chi connectivity index (χ3v) is 4.28. The molecule has 0 amide bonds. The van der Waals surface area contributed by atoms with Crippen molar-refractivity contribution >= 4 is 0 Å². The van der Waals surface area contributed by atoms with Gasteiger partial charge in [0.1, 0.15) is 0 Å². The van der Waals surface area contributed by atoms with Crippen LogP contribution in [0.15, 0.2) is 42.7 Å². The summed E-state index contributed by atoms with van der Waals surface area (Å²) in [4.78, 5) is 4.29. The Bertz CT molecular complexity index is 552. The van der Waals surface area contributed by atoms with Crippen LogP contribution < -0.4 is 5.32 Å². The lowest BCUT2D eigenvalue weighted by Crippen LogP contribution is -2.26. The summed E-state index contributed by atoms with van der Waals surface area (Å²) in [5.41, 5.74) is 5.68. The van der Waals surface area contributed by atoms with Gasteiger partial charge in [0.15, 0.2) is 0 Å². The van der Waals surface area contributed by atoms with E-state index in [0.29, 0.717) is 12.0 Å². The van der Waals surface area contributed by atoms with E-state index < -0.39 is 0 Å². The fourth-order valence-corrected chi connectivity index (χ4v) is 3.28. The molecule has 2 heteroatoms. The molecule has 2 aromatic rings. The summed E-state index contributed by atoms with van der Waals surface area (Å²) in [6.07, 6.45) is 6.21. The Labute approximate surface area is 114 Å². The second kappa shape index (κ2) is 5.14. The largest absolute Gasteiger partial charge is 0.313 e. The third-order valence-electron chi connectivity index (χ3n) is 4.28. The molecule has 1 atom stereocenters. The molecular weight excluding hydrogens is 232 g/mol. The maximum Gasteiger partial charge on any atom is 0.0370 e. The zero-order valence-corrected chi connectivity index (χ0v) is 11.6. The fourth-order valence-electron chi connectivity index (χ4n) is 3.28. The van der Waals surface area contributed by atoms with E-state index >= 15 is 0 Å². The highest BCUT2D eigenvalue weighted by molar-refractivity contribution is 5.35. The molecule has 2 nitrogen and oxygen atoms in total. The average Bonchev–Trinajstić information content (AvgIpc) is 2.85. The van der Waals surface area contributed by atoms with Gasteiger partial charge in [0.25, 0.3) is 0 Å². The molecule has 1 aromatic carbocycles. The summed E-state index contributed by atoms with van der Waals surface area (Å²) in [7, 11) is 2.06. The van der Waals surface area contributed by atoms with Crippen molar-refractivity contribution in [3.8, 4) is 0 Å². The third kappa shape index (κ3) is 2.28. The number of fused-ring (bicyclic) bond motifs is 1. The lowest BCUT2D eigenvalue weighted by Gasteiger charge is -2.24. The van der Waals surface area contributed by atoms with Gasteiger partial charge >= 0.3 is 0 Å². The van der Waals surface area contributed by atoms with Crippen molar-refractivity contribution in [2.24, 2.45) is 5.92 Å². The molecule has 0 saturated heterocycles. The van der Waals surface area contributed by atoms with Crippen LogP contribution in [-0.2, 0) is 12.8 Å². The van der Waals surface area contributed by atoms with E-state index in [-0.39, 0.29) is 0 Å².